The highest BCUT2D eigenvalue weighted by molar-refractivity contribution is 5.80. The number of rotatable bonds is 9. The van der Waals surface area contributed by atoms with Crippen molar-refractivity contribution in [3.8, 4) is 11.5 Å². The van der Waals surface area contributed by atoms with Gasteiger partial charge >= 0.3 is 0 Å². The summed E-state index contributed by atoms with van der Waals surface area (Å²) in [5, 5.41) is 2.89. The summed E-state index contributed by atoms with van der Waals surface area (Å²) in [6.45, 7) is 4.63. The number of hydrogen-bond donors (Lipinski definition) is 1. The lowest BCUT2D eigenvalue weighted by molar-refractivity contribution is -0.127. The monoisotopic (exact) mass is 279 g/mol. The molecule has 1 rings (SSSR count). The predicted molar refractivity (Wildman–Crippen MR) is 80.2 cm³/mol. The Balaban J connectivity index is 2.33. The van der Waals surface area contributed by atoms with Gasteiger partial charge in [0, 0.05) is 12.6 Å². The van der Waals surface area contributed by atoms with Crippen molar-refractivity contribution in [2.24, 2.45) is 0 Å². The minimum atomic E-state index is -0.506. The molecule has 0 heterocycles. The van der Waals surface area contributed by atoms with E-state index in [1.54, 1.807) is 20.1 Å². The van der Waals surface area contributed by atoms with Crippen molar-refractivity contribution in [3.63, 3.8) is 0 Å². The minimum Gasteiger partial charge on any atom is -0.497 e. The van der Waals surface area contributed by atoms with Crippen molar-refractivity contribution in [2.45, 2.75) is 45.6 Å². The van der Waals surface area contributed by atoms with Crippen LogP contribution in [0, 0.1) is 0 Å². The summed E-state index contributed by atoms with van der Waals surface area (Å²) in [6.07, 6.45) is 4.08. The van der Waals surface area contributed by atoms with Gasteiger partial charge in [-0.25, -0.2) is 0 Å². The maximum absolute atomic E-state index is 11.9. The molecule has 112 valence electrons. The third kappa shape index (κ3) is 5.95. The third-order valence-corrected chi connectivity index (χ3v) is 3.05. The fraction of sp³-hybridized carbons (Fsp3) is 0.562. The van der Waals surface area contributed by atoms with Gasteiger partial charge in [0.25, 0.3) is 5.91 Å². The number of methoxy groups -OCH3 is 1. The highest BCUT2D eigenvalue weighted by Gasteiger charge is 2.14. The summed E-state index contributed by atoms with van der Waals surface area (Å²) >= 11 is 0. The summed E-state index contributed by atoms with van der Waals surface area (Å²) in [4.78, 5) is 11.9. The first-order valence-corrected chi connectivity index (χ1v) is 7.25. The zero-order valence-corrected chi connectivity index (χ0v) is 12.6. The number of amides is 1. The van der Waals surface area contributed by atoms with Crippen LogP contribution in [0.2, 0.25) is 0 Å². The van der Waals surface area contributed by atoms with Crippen molar-refractivity contribution in [1.82, 2.24) is 5.32 Å². The zero-order chi connectivity index (χ0) is 14.8. The van der Waals surface area contributed by atoms with Gasteiger partial charge in [-0.2, -0.15) is 0 Å². The van der Waals surface area contributed by atoms with E-state index in [1.807, 2.05) is 18.2 Å². The van der Waals surface area contributed by atoms with Crippen LogP contribution in [0.15, 0.2) is 24.3 Å². The van der Waals surface area contributed by atoms with Crippen LogP contribution in [0.1, 0.15) is 39.5 Å². The van der Waals surface area contributed by atoms with Gasteiger partial charge < -0.3 is 14.8 Å². The lowest BCUT2D eigenvalue weighted by atomic mass is 10.2. The molecule has 0 fully saturated rings. The van der Waals surface area contributed by atoms with Crippen LogP contribution in [0.5, 0.6) is 11.5 Å². The molecule has 0 radical (unpaired) electrons. The van der Waals surface area contributed by atoms with Gasteiger partial charge in [-0.3, -0.25) is 4.79 Å². The summed E-state index contributed by atoms with van der Waals surface area (Å²) < 4.78 is 10.7. The number of carbonyl (C=O) groups excluding carboxylic acids is 1. The van der Waals surface area contributed by atoms with E-state index in [2.05, 4.69) is 12.2 Å². The fourth-order valence-electron chi connectivity index (χ4n) is 1.84. The first-order valence-electron chi connectivity index (χ1n) is 7.25. The minimum absolute atomic E-state index is 0.0793. The Morgan fingerprint density at radius 1 is 1.25 bits per heavy atom. The van der Waals surface area contributed by atoms with Crippen LogP contribution < -0.4 is 14.8 Å². The van der Waals surface area contributed by atoms with Crippen molar-refractivity contribution in [2.75, 3.05) is 13.7 Å². The smallest absolute Gasteiger partial charge is 0.260 e. The molecule has 0 saturated heterocycles. The van der Waals surface area contributed by atoms with Crippen LogP contribution in [0.25, 0.3) is 0 Å². The average molecular weight is 279 g/mol. The first-order chi connectivity index (χ1) is 9.67. The molecular formula is C16H25NO3. The Kier molecular flexibility index (Phi) is 7.55. The first kappa shape index (κ1) is 16.3. The molecule has 0 aromatic heterocycles. The largest absolute Gasteiger partial charge is 0.497 e. The molecule has 1 unspecified atom stereocenters. The van der Waals surface area contributed by atoms with Gasteiger partial charge in [0.05, 0.1) is 7.11 Å². The van der Waals surface area contributed by atoms with Gasteiger partial charge in [0.1, 0.15) is 11.5 Å². The zero-order valence-electron chi connectivity index (χ0n) is 12.6. The van der Waals surface area contributed by atoms with Gasteiger partial charge in [0.2, 0.25) is 0 Å². The topological polar surface area (TPSA) is 47.6 Å². The molecule has 20 heavy (non-hydrogen) atoms. The number of nitrogens with one attached hydrogen (secondary N) is 1. The van der Waals surface area contributed by atoms with E-state index in [1.165, 1.54) is 12.8 Å². The summed E-state index contributed by atoms with van der Waals surface area (Å²) in [5.41, 5.74) is 0. The standard InChI is InChI=1S/C16H25NO3/c1-4-5-6-7-11-17-16(18)13(2)20-15-10-8-9-14(12-15)19-3/h8-10,12-13H,4-7,11H2,1-3H3,(H,17,18). The Morgan fingerprint density at radius 2 is 2.00 bits per heavy atom. The SMILES string of the molecule is CCCCCCNC(=O)C(C)Oc1cccc(OC)c1. The molecule has 1 aromatic carbocycles. The van der Waals surface area contributed by atoms with Gasteiger partial charge in [-0.15, -0.1) is 0 Å². The molecule has 0 aliphatic heterocycles. The lowest BCUT2D eigenvalue weighted by Crippen LogP contribution is -2.36. The molecule has 0 aliphatic carbocycles. The second kappa shape index (κ2) is 9.23. The molecule has 0 aliphatic rings. The maximum atomic E-state index is 11.9. The van der Waals surface area contributed by atoms with E-state index in [-0.39, 0.29) is 5.91 Å². The molecule has 1 atom stereocenters. The van der Waals surface area contributed by atoms with E-state index in [4.69, 9.17) is 9.47 Å². The molecule has 1 N–H and O–H groups in total. The van der Waals surface area contributed by atoms with Crippen molar-refractivity contribution in [1.29, 1.82) is 0 Å². The predicted octanol–water partition coefficient (Wildman–Crippen LogP) is 3.16. The van der Waals surface area contributed by atoms with Crippen LogP contribution in [-0.2, 0) is 4.79 Å². The Morgan fingerprint density at radius 3 is 2.70 bits per heavy atom. The van der Waals surface area contributed by atoms with Crippen LogP contribution in [0.4, 0.5) is 0 Å². The quantitative estimate of drug-likeness (QED) is 0.706. The van der Waals surface area contributed by atoms with E-state index in [0.29, 0.717) is 12.3 Å². The molecule has 4 heteroatoms. The molecule has 1 aromatic rings. The Hall–Kier alpha value is -1.71. The van der Waals surface area contributed by atoms with E-state index in [0.717, 1.165) is 18.6 Å². The average Bonchev–Trinajstić information content (AvgIpc) is 2.47. The van der Waals surface area contributed by atoms with Crippen molar-refractivity contribution in [3.05, 3.63) is 24.3 Å². The number of hydrogen-bond acceptors (Lipinski definition) is 3. The normalized spacial score (nSPS) is 11.8. The summed E-state index contributed by atoms with van der Waals surface area (Å²) in [5.74, 6) is 1.27. The van der Waals surface area contributed by atoms with E-state index < -0.39 is 6.10 Å². The molecule has 0 spiro atoms. The number of unbranched alkanes of at least 4 members (excludes halogenated alkanes) is 3. The molecule has 0 bridgehead atoms. The molecule has 4 nitrogen and oxygen atoms in total. The number of benzene rings is 1. The lowest BCUT2D eigenvalue weighted by Gasteiger charge is -2.15. The van der Waals surface area contributed by atoms with Crippen LogP contribution >= 0.6 is 0 Å². The highest BCUT2D eigenvalue weighted by Crippen LogP contribution is 2.19. The highest BCUT2D eigenvalue weighted by atomic mass is 16.5. The Bertz CT molecular complexity index is 406. The van der Waals surface area contributed by atoms with E-state index >= 15 is 0 Å². The van der Waals surface area contributed by atoms with Gasteiger partial charge in [-0.1, -0.05) is 32.3 Å². The number of carbonyl (C=O) groups is 1. The second-order valence-corrected chi connectivity index (χ2v) is 4.79. The van der Waals surface area contributed by atoms with Crippen molar-refractivity contribution < 1.29 is 14.3 Å². The third-order valence-electron chi connectivity index (χ3n) is 3.05. The van der Waals surface area contributed by atoms with Crippen molar-refractivity contribution >= 4 is 5.91 Å². The van der Waals surface area contributed by atoms with Gasteiger partial charge in [0.15, 0.2) is 6.10 Å². The maximum Gasteiger partial charge on any atom is 0.260 e. The van der Waals surface area contributed by atoms with Crippen LogP contribution in [0.3, 0.4) is 0 Å². The summed E-state index contributed by atoms with van der Waals surface area (Å²) in [7, 11) is 1.60. The van der Waals surface area contributed by atoms with Gasteiger partial charge in [-0.05, 0) is 25.5 Å². The summed E-state index contributed by atoms with van der Waals surface area (Å²) in [6, 6.07) is 7.26. The van der Waals surface area contributed by atoms with E-state index in [9.17, 15) is 4.79 Å². The molecular weight excluding hydrogens is 254 g/mol. The molecule has 0 saturated carbocycles. The van der Waals surface area contributed by atoms with Crippen LogP contribution in [-0.4, -0.2) is 25.7 Å². The fourth-order valence-corrected chi connectivity index (χ4v) is 1.84. The Labute approximate surface area is 121 Å². The molecule has 1 amide bonds. The number of ether oxygens (including phenoxy) is 2. The second-order valence-electron chi connectivity index (χ2n) is 4.79.